The third kappa shape index (κ3) is 6.39. The second kappa shape index (κ2) is 7.58. The minimum atomic E-state index is -4.27. The average molecular weight is 347 g/mol. The van der Waals surface area contributed by atoms with E-state index in [1.165, 1.54) is 24.3 Å². The molecule has 0 heterocycles. The number of hydrogen-bond acceptors (Lipinski definition) is 3. The summed E-state index contributed by atoms with van der Waals surface area (Å²) in [6.45, 7) is 1.72. The van der Waals surface area contributed by atoms with Crippen LogP contribution in [-0.2, 0) is 16.3 Å². The molecule has 0 fully saturated rings. The topological polar surface area (TPSA) is 80.4 Å². The third-order valence-corrected chi connectivity index (χ3v) is 3.67. The Morgan fingerprint density at radius 2 is 1.48 bits per heavy atom. The van der Waals surface area contributed by atoms with Crippen LogP contribution in [-0.4, -0.2) is 13.0 Å². The maximum absolute atomic E-state index is 12.1. The van der Waals surface area contributed by atoms with Gasteiger partial charge >= 0.3 is 6.18 Å². The van der Waals surface area contributed by atoms with Crippen LogP contribution in [0.2, 0.25) is 0 Å². The predicted octanol–water partition coefficient (Wildman–Crippen LogP) is 3.66. The van der Waals surface area contributed by atoms with Crippen molar-refractivity contribution in [3.05, 3.63) is 65.7 Å². The van der Waals surface area contributed by atoms with Crippen LogP contribution in [0.5, 0.6) is 0 Å². The van der Waals surface area contributed by atoms with Crippen molar-refractivity contribution >= 4 is 10.1 Å². The average Bonchev–Trinajstić information content (AvgIpc) is 2.47. The molecule has 2 aromatic carbocycles. The Morgan fingerprint density at radius 3 is 1.78 bits per heavy atom. The molecule has 8 heteroatoms. The Kier molecular flexibility index (Phi) is 6.31. The van der Waals surface area contributed by atoms with E-state index < -0.39 is 21.9 Å². The lowest BCUT2D eigenvalue weighted by molar-refractivity contribution is -0.137. The van der Waals surface area contributed by atoms with Crippen molar-refractivity contribution in [1.82, 2.24) is 0 Å². The van der Waals surface area contributed by atoms with E-state index in [2.05, 4.69) is 0 Å². The number of benzene rings is 2. The summed E-state index contributed by atoms with van der Waals surface area (Å²) in [5, 5.41) is 0. The van der Waals surface area contributed by atoms with Gasteiger partial charge in [0.25, 0.3) is 10.1 Å². The fraction of sp³-hybridized carbons (Fsp3) is 0.200. The van der Waals surface area contributed by atoms with Gasteiger partial charge in [0.15, 0.2) is 0 Å². The summed E-state index contributed by atoms with van der Waals surface area (Å²) in [6, 6.07) is 12.1. The first-order valence-corrected chi connectivity index (χ1v) is 7.91. The highest BCUT2D eigenvalue weighted by Crippen LogP contribution is 2.29. The van der Waals surface area contributed by atoms with Crippen LogP contribution in [0.1, 0.15) is 24.1 Å². The van der Waals surface area contributed by atoms with Crippen LogP contribution in [0.15, 0.2) is 59.5 Å². The van der Waals surface area contributed by atoms with Crippen molar-refractivity contribution < 1.29 is 26.1 Å². The van der Waals surface area contributed by atoms with Gasteiger partial charge in [0, 0.05) is 6.04 Å². The Morgan fingerprint density at radius 1 is 1.00 bits per heavy atom. The molecule has 2 rings (SSSR count). The minimum Gasteiger partial charge on any atom is -0.324 e. The van der Waals surface area contributed by atoms with Gasteiger partial charge < -0.3 is 5.73 Å². The lowest BCUT2D eigenvalue weighted by Crippen LogP contribution is -2.07. The molecule has 0 aliphatic rings. The molecule has 4 nitrogen and oxygen atoms in total. The van der Waals surface area contributed by atoms with Gasteiger partial charge in [-0.15, -0.1) is 0 Å². The largest absolute Gasteiger partial charge is 0.416 e. The Hall–Kier alpha value is -1.90. The molecule has 1 atom stereocenters. The summed E-state index contributed by atoms with van der Waals surface area (Å²) in [5.41, 5.74) is 5.55. The van der Waals surface area contributed by atoms with Gasteiger partial charge in [-0.25, -0.2) is 0 Å². The van der Waals surface area contributed by atoms with E-state index in [9.17, 15) is 21.6 Å². The number of alkyl halides is 3. The van der Waals surface area contributed by atoms with Crippen LogP contribution in [0, 0.1) is 0 Å². The van der Waals surface area contributed by atoms with Crippen molar-refractivity contribution in [3.8, 4) is 0 Å². The maximum Gasteiger partial charge on any atom is 0.416 e. The van der Waals surface area contributed by atoms with E-state index in [4.69, 9.17) is 10.3 Å². The second-order valence-electron chi connectivity index (χ2n) is 4.70. The SMILES string of the molecule is CC(N)c1ccc(C(F)(F)F)cc1.O=S(=O)(O)c1ccccc1. The van der Waals surface area contributed by atoms with Gasteiger partial charge in [-0.2, -0.15) is 21.6 Å². The quantitative estimate of drug-likeness (QED) is 0.813. The summed E-state index contributed by atoms with van der Waals surface area (Å²) in [4.78, 5) is -0.0741. The van der Waals surface area contributed by atoms with Crippen LogP contribution in [0.25, 0.3) is 0 Å². The van der Waals surface area contributed by atoms with Crippen molar-refractivity contribution in [2.24, 2.45) is 5.73 Å². The summed E-state index contributed by atoms with van der Waals surface area (Å²) < 4.78 is 65.5. The molecule has 23 heavy (non-hydrogen) atoms. The van der Waals surface area contributed by atoms with Gasteiger partial charge in [-0.3, -0.25) is 4.55 Å². The summed E-state index contributed by atoms with van der Waals surface area (Å²) in [7, 11) is -4.00. The second-order valence-corrected chi connectivity index (χ2v) is 6.12. The first-order chi connectivity index (χ1) is 10.5. The molecule has 0 saturated heterocycles. The zero-order valence-corrected chi connectivity index (χ0v) is 13.0. The highest BCUT2D eigenvalue weighted by Gasteiger charge is 2.29. The molecule has 1 unspecified atom stereocenters. The molecular formula is C15H16F3NO3S. The molecule has 0 radical (unpaired) electrons. The molecule has 2 aromatic rings. The first kappa shape index (κ1) is 19.1. The smallest absolute Gasteiger partial charge is 0.324 e. The Bertz CT molecular complexity index is 712. The highest BCUT2D eigenvalue weighted by molar-refractivity contribution is 7.85. The van der Waals surface area contributed by atoms with Crippen LogP contribution in [0.4, 0.5) is 13.2 Å². The highest BCUT2D eigenvalue weighted by atomic mass is 32.2. The van der Waals surface area contributed by atoms with Gasteiger partial charge in [0.2, 0.25) is 0 Å². The summed E-state index contributed by atoms with van der Waals surface area (Å²) >= 11 is 0. The van der Waals surface area contributed by atoms with Gasteiger partial charge in [0.1, 0.15) is 0 Å². The van der Waals surface area contributed by atoms with Crippen LogP contribution < -0.4 is 5.73 Å². The molecule has 0 saturated carbocycles. The standard InChI is InChI=1S/C9H10F3N.C6H6O3S/c1-6(13)7-2-4-8(5-3-7)9(10,11)12;7-10(8,9)6-4-2-1-3-5-6/h2-6H,13H2,1H3;1-5H,(H,7,8,9). The fourth-order valence-electron chi connectivity index (χ4n) is 1.57. The van der Waals surface area contributed by atoms with Crippen molar-refractivity contribution in [1.29, 1.82) is 0 Å². The minimum absolute atomic E-state index is 0.0741. The van der Waals surface area contributed by atoms with Gasteiger partial charge in [0.05, 0.1) is 10.5 Å². The van der Waals surface area contributed by atoms with E-state index in [1.54, 1.807) is 25.1 Å². The lowest BCUT2D eigenvalue weighted by Gasteiger charge is -2.09. The van der Waals surface area contributed by atoms with Gasteiger partial charge in [-0.05, 0) is 36.8 Å². The fourth-order valence-corrected chi connectivity index (χ4v) is 2.07. The Labute approximate surface area is 132 Å². The molecule has 126 valence electrons. The zero-order valence-electron chi connectivity index (χ0n) is 12.2. The number of nitrogens with two attached hydrogens (primary N) is 1. The van der Waals surface area contributed by atoms with Crippen molar-refractivity contribution in [2.75, 3.05) is 0 Å². The molecule has 0 aliphatic carbocycles. The first-order valence-electron chi connectivity index (χ1n) is 6.47. The lowest BCUT2D eigenvalue weighted by atomic mass is 10.1. The number of rotatable bonds is 2. The summed E-state index contributed by atoms with van der Waals surface area (Å²) in [6.07, 6.45) is -4.27. The molecular weight excluding hydrogens is 331 g/mol. The molecule has 0 bridgehead atoms. The molecule has 0 amide bonds. The van der Waals surface area contributed by atoms with E-state index in [0.717, 1.165) is 12.1 Å². The van der Waals surface area contributed by atoms with E-state index in [1.807, 2.05) is 0 Å². The van der Waals surface area contributed by atoms with Gasteiger partial charge in [-0.1, -0.05) is 30.3 Å². The molecule has 0 aromatic heterocycles. The molecule has 0 spiro atoms. The molecule has 0 aliphatic heterocycles. The van der Waals surface area contributed by atoms with Crippen LogP contribution >= 0.6 is 0 Å². The monoisotopic (exact) mass is 347 g/mol. The maximum atomic E-state index is 12.1. The van der Waals surface area contributed by atoms with Crippen molar-refractivity contribution in [2.45, 2.75) is 24.0 Å². The normalized spacial score (nSPS) is 13.0. The predicted molar refractivity (Wildman–Crippen MR) is 80.3 cm³/mol. The number of halogens is 3. The molecule has 3 N–H and O–H groups in total. The van der Waals surface area contributed by atoms with E-state index >= 15 is 0 Å². The van der Waals surface area contributed by atoms with E-state index in [0.29, 0.717) is 5.56 Å². The zero-order chi connectivity index (χ0) is 17.7. The third-order valence-electron chi connectivity index (χ3n) is 2.80. The summed E-state index contributed by atoms with van der Waals surface area (Å²) in [5.74, 6) is 0. The number of hydrogen-bond donors (Lipinski definition) is 2. The Balaban J connectivity index is 0.000000238. The van der Waals surface area contributed by atoms with E-state index in [-0.39, 0.29) is 10.9 Å². The van der Waals surface area contributed by atoms with Crippen molar-refractivity contribution in [3.63, 3.8) is 0 Å². The van der Waals surface area contributed by atoms with Crippen LogP contribution in [0.3, 0.4) is 0 Å².